The Bertz CT molecular complexity index is 786. The van der Waals surface area contributed by atoms with Gasteiger partial charge in [0, 0.05) is 12.5 Å². The van der Waals surface area contributed by atoms with E-state index in [4.69, 9.17) is 14.6 Å². The average Bonchev–Trinajstić information content (AvgIpc) is 2.68. The molecule has 0 radical (unpaired) electrons. The first-order chi connectivity index (χ1) is 12.9. The predicted octanol–water partition coefficient (Wildman–Crippen LogP) is 2.94. The maximum Gasteiger partial charge on any atom is 0.335 e. The fraction of sp³-hybridized carbons (Fsp3) is 0.333. The number of aromatic carboxylic acids is 1. The predicted molar refractivity (Wildman–Crippen MR) is 103 cm³/mol. The van der Waals surface area contributed by atoms with Crippen LogP contribution in [0.3, 0.4) is 0 Å². The summed E-state index contributed by atoms with van der Waals surface area (Å²) >= 11 is 0. The highest BCUT2D eigenvalue weighted by Crippen LogP contribution is 2.21. The minimum atomic E-state index is -1.000. The van der Waals surface area contributed by atoms with Crippen LogP contribution in [0.4, 0.5) is 0 Å². The Morgan fingerprint density at radius 2 is 1.78 bits per heavy atom. The number of carboxylic acid groups (broad SMARTS) is 1. The van der Waals surface area contributed by atoms with E-state index in [9.17, 15) is 9.59 Å². The van der Waals surface area contributed by atoms with Gasteiger partial charge >= 0.3 is 5.97 Å². The van der Waals surface area contributed by atoms with Crippen LogP contribution in [0.2, 0.25) is 0 Å². The summed E-state index contributed by atoms with van der Waals surface area (Å²) in [5.41, 5.74) is 2.10. The molecule has 1 atom stereocenters. The number of carboxylic acids is 1. The maximum atomic E-state index is 12.3. The molecule has 6 nitrogen and oxygen atoms in total. The molecule has 2 rings (SSSR count). The van der Waals surface area contributed by atoms with Crippen molar-refractivity contribution < 1.29 is 24.2 Å². The van der Waals surface area contributed by atoms with E-state index < -0.39 is 5.97 Å². The van der Waals surface area contributed by atoms with Crippen molar-refractivity contribution in [3.05, 3.63) is 59.2 Å². The molecule has 0 spiro atoms. The zero-order chi connectivity index (χ0) is 19.8. The first-order valence-electron chi connectivity index (χ1n) is 8.75. The molecule has 0 fully saturated rings. The second-order valence-corrected chi connectivity index (χ2v) is 6.33. The zero-order valence-corrected chi connectivity index (χ0v) is 15.8. The molecule has 0 aliphatic heterocycles. The van der Waals surface area contributed by atoms with Crippen LogP contribution >= 0.6 is 0 Å². The lowest BCUT2D eigenvalue weighted by Crippen LogP contribution is -2.32. The second kappa shape index (κ2) is 9.62. The van der Waals surface area contributed by atoms with Gasteiger partial charge in [-0.2, -0.15) is 0 Å². The summed E-state index contributed by atoms with van der Waals surface area (Å²) < 4.78 is 10.4. The average molecular weight is 371 g/mol. The van der Waals surface area contributed by atoms with Crippen molar-refractivity contribution in [3.8, 4) is 11.5 Å². The van der Waals surface area contributed by atoms with Crippen molar-refractivity contribution in [2.45, 2.75) is 19.8 Å². The summed E-state index contributed by atoms with van der Waals surface area (Å²) in [5, 5.41) is 12.0. The summed E-state index contributed by atoms with van der Waals surface area (Å²) in [6, 6.07) is 12.4. The van der Waals surface area contributed by atoms with E-state index in [1.807, 2.05) is 31.2 Å². The van der Waals surface area contributed by atoms with Gasteiger partial charge in [0.1, 0.15) is 11.5 Å². The van der Waals surface area contributed by atoms with Crippen LogP contribution in [0.1, 0.15) is 28.4 Å². The molecular weight excluding hydrogens is 346 g/mol. The third kappa shape index (κ3) is 5.74. The highest BCUT2D eigenvalue weighted by molar-refractivity contribution is 5.88. The van der Waals surface area contributed by atoms with Gasteiger partial charge in [-0.25, -0.2) is 4.79 Å². The Kier molecular flexibility index (Phi) is 7.23. The number of amides is 1. The van der Waals surface area contributed by atoms with Gasteiger partial charge in [0.15, 0.2) is 0 Å². The van der Waals surface area contributed by atoms with Gasteiger partial charge < -0.3 is 19.9 Å². The quantitative estimate of drug-likeness (QED) is 0.708. The summed E-state index contributed by atoms with van der Waals surface area (Å²) in [6.45, 7) is 2.34. The van der Waals surface area contributed by atoms with Gasteiger partial charge in [-0.3, -0.25) is 4.79 Å². The topological polar surface area (TPSA) is 84.9 Å². The van der Waals surface area contributed by atoms with Gasteiger partial charge in [0.05, 0.1) is 19.8 Å². The Hall–Kier alpha value is -3.02. The SMILES string of the molecule is COc1ccc(CC(C)C(=O)NCCc2ccc(C(=O)O)cc2OC)cc1. The van der Waals surface area contributed by atoms with Gasteiger partial charge in [-0.1, -0.05) is 25.1 Å². The minimum absolute atomic E-state index is 0.0214. The number of carbonyl (C=O) groups is 2. The molecule has 0 heterocycles. The largest absolute Gasteiger partial charge is 0.497 e. The molecule has 27 heavy (non-hydrogen) atoms. The van der Waals surface area contributed by atoms with Crippen LogP contribution in [0, 0.1) is 5.92 Å². The first kappa shape index (κ1) is 20.3. The Balaban J connectivity index is 1.86. The molecule has 6 heteroatoms. The lowest BCUT2D eigenvalue weighted by atomic mass is 10.00. The van der Waals surface area contributed by atoms with E-state index in [0.717, 1.165) is 16.9 Å². The van der Waals surface area contributed by atoms with E-state index in [1.54, 1.807) is 13.2 Å². The monoisotopic (exact) mass is 371 g/mol. The third-order valence-corrected chi connectivity index (χ3v) is 4.38. The lowest BCUT2D eigenvalue weighted by molar-refractivity contribution is -0.124. The Labute approximate surface area is 159 Å². The van der Waals surface area contributed by atoms with Gasteiger partial charge in [-0.15, -0.1) is 0 Å². The fourth-order valence-corrected chi connectivity index (χ4v) is 2.79. The number of rotatable bonds is 9. The standard InChI is InChI=1S/C21H25NO5/c1-14(12-15-4-8-18(26-2)9-5-15)20(23)22-11-10-16-6-7-17(21(24)25)13-19(16)27-3/h4-9,13-14H,10-12H2,1-3H3,(H,22,23)(H,24,25). The highest BCUT2D eigenvalue weighted by Gasteiger charge is 2.14. The number of hydrogen-bond acceptors (Lipinski definition) is 4. The van der Waals surface area contributed by atoms with E-state index >= 15 is 0 Å². The Morgan fingerprint density at radius 3 is 2.37 bits per heavy atom. The van der Waals surface area contributed by atoms with Crippen LogP contribution in [-0.2, 0) is 17.6 Å². The molecule has 144 valence electrons. The third-order valence-electron chi connectivity index (χ3n) is 4.38. The fourth-order valence-electron chi connectivity index (χ4n) is 2.79. The first-order valence-corrected chi connectivity index (χ1v) is 8.75. The number of benzene rings is 2. The summed E-state index contributed by atoms with van der Waals surface area (Å²) in [4.78, 5) is 23.3. The molecule has 1 unspecified atom stereocenters. The van der Waals surface area contributed by atoms with E-state index in [1.165, 1.54) is 19.2 Å². The Morgan fingerprint density at radius 1 is 1.07 bits per heavy atom. The number of nitrogens with one attached hydrogen (secondary N) is 1. The smallest absolute Gasteiger partial charge is 0.335 e. The van der Waals surface area contributed by atoms with Crippen molar-refractivity contribution in [1.29, 1.82) is 0 Å². The van der Waals surface area contributed by atoms with Crippen LogP contribution in [-0.4, -0.2) is 37.7 Å². The summed E-state index contributed by atoms with van der Waals surface area (Å²) in [5.74, 6) is 0.122. The van der Waals surface area contributed by atoms with Crippen molar-refractivity contribution >= 4 is 11.9 Å². The zero-order valence-electron chi connectivity index (χ0n) is 15.8. The minimum Gasteiger partial charge on any atom is -0.497 e. The molecule has 2 aromatic carbocycles. The summed E-state index contributed by atoms with van der Waals surface area (Å²) in [6.07, 6.45) is 1.20. The molecule has 2 N–H and O–H groups in total. The number of methoxy groups -OCH3 is 2. The van der Waals surface area contributed by atoms with Gasteiger partial charge in [0.25, 0.3) is 0 Å². The molecule has 0 aromatic heterocycles. The highest BCUT2D eigenvalue weighted by atomic mass is 16.5. The van der Waals surface area contributed by atoms with Crippen LogP contribution in [0.5, 0.6) is 11.5 Å². The van der Waals surface area contributed by atoms with Crippen molar-refractivity contribution in [3.63, 3.8) is 0 Å². The molecule has 0 aliphatic rings. The molecule has 0 saturated carbocycles. The molecule has 0 saturated heterocycles. The number of hydrogen-bond donors (Lipinski definition) is 2. The van der Waals surface area contributed by atoms with E-state index in [0.29, 0.717) is 25.1 Å². The maximum absolute atomic E-state index is 12.3. The van der Waals surface area contributed by atoms with E-state index in [2.05, 4.69) is 5.32 Å². The van der Waals surface area contributed by atoms with Crippen LogP contribution in [0.15, 0.2) is 42.5 Å². The van der Waals surface area contributed by atoms with Crippen molar-refractivity contribution in [2.24, 2.45) is 5.92 Å². The van der Waals surface area contributed by atoms with E-state index in [-0.39, 0.29) is 17.4 Å². The molecule has 0 aliphatic carbocycles. The molecule has 1 amide bonds. The molecular formula is C21H25NO5. The number of carbonyl (C=O) groups excluding carboxylic acids is 1. The molecule has 2 aromatic rings. The van der Waals surface area contributed by atoms with Crippen molar-refractivity contribution in [2.75, 3.05) is 20.8 Å². The van der Waals surface area contributed by atoms with Gasteiger partial charge in [-0.05, 0) is 48.2 Å². The van der Waals surface area contributed by atoms with Crippen LogP contribution < -0.4 is 14.8 Å². The van der Waals surface area contributed by atoms with Gasteiger partial charge in [0.2, 0.25) is 5.91 Å². The second-order valence-electron chi connectivity index (χ2n) is 6.33. The van der Waals surface area contributed by atoms with Crippen molar-refractivity contribution in [1.82, 2.24) is 5.32 Å². The molecule has 0 bridgehead atoms. The normalized spacial score (nSPS) is 11.5. The summed E-state index contributed by atoms with van der Waals surface area (Å²) in [7, 11) is 3.12. The van der Waals surface area contributed by atoms with Crippen LogP contribution in [0.25, 0.3) is 0 Å². The lowest BCUT2D eigenvalue weighted by Gasteiger charge is -2.14. The number of ether oxygens (including phenoxy) is 2.